The first-order chi connectivity index (χ1) is 12.0. The maximum absolute atomic E-state index is 13.1. The van der Waals surface area contributed by atoms with E-state index in [1.54, 1.807) is 12.7 Å². The first-order valence-corrected chi connectivity index (χ1v) is 8.92. The Labute approximate surface area is 147 Å². The average Bonchev–Trinajstić information content (AvgIpc) is 3.22. The molecule has 2 aliphatic rings. The minimum atomic E-state index is -0.0385. The molecule has 132 valence electrons. The Balaban J connectivity index is 1.52. The summed E-state index contributed by atoms with van der Waals surface area (Å²) >= 11 is 0. The summed E-state index contributed by atoms with van der Waals surface area (Å²) in [5.41, 5.74) is 1.79. The molecule has 1 atom stereocenters. The Morgan fingerprint density at radius 1 is 1.40 bits per heavy atom. The summed E-state index contributed by atoms with van der Waals surface area (Å²) in [6.45, 7) is 7.30. The summed E-state index contributed by atoms with van der Waals surface area (Å²) in [5, 5.41) is 4.18. The summed E-state index contributed by atoms with van der Waals surface area (Å²) in [5.74, 6) is 1.27. The molecule has 0 saturated carbocycles. The first-order valence-electron chi connectivity index (χ1n) is 8.92. The lowest BCUT2D eigenvalue weighted by Gasteiger charge is -2.33. The van der Waals surface area contributed by atoms with Crippen molar-refractivity contribution in [3.05, 3.63) is 42.0 Å². The van der Waals surface area contributed by atoms with Gasteiger partial charge in [-0.3, -0.25) is 9.48 Å². The Bertz CT molecular complexity index is 770. The fourth-order valence-electron chi connectivity index (χ4n) is 3.88. The number of hydrogen-bond acceptors (Lipinski definition) is 4. The van der Waals surface area contributed by atoms with Gasteiger partial charge in [-0.15, -0.1) is 0 Å². The Morgan fingerprint density at radius 3 is 3.08 bits per heavy atom. The second kappa shape index (κ2) is 6.17. The van der Waals surface area contributed by atoms with E-state index in [-0.39, 0.29) is 11.3 Å². The van der Waals surface area contributed by atoms with Crippen LogP contribution in [0.3, 0.4) is 0 Å². The van der Waals surface area contributed by atoms with Crippen molar-refractivity contribution in [1.82, 2.24) is 19.7 Å². The van der Waals surface area contributed by atoms with Crippen LogP contribution in [0, 0.1) is 5.92 Å². The number of para-hydroxylation sites is 1. The molecule has 0 spiro atoms. The van der Waals surface area contributed by atoms with Crippen LogP contribution in [0.25, 0.3) is 0 Å². The van der Waals surface area contributed by atoms with Crippen LogP contribution < -0.4 is 4.74 Å². The van der Waals surface area contributed by atoms with Gasteiger partial charge in [-0.1, -0.05) is 26.0 Å². The molecule has 1 amide bonds. The number of fused-ring (bicyclic) bond motifs is 1. The molecule has 1 aromatic heterocycles. The molecular formula is C19H24N4O2. The second-order valence-electron chi connectivity index (χ2n) is 7.73. The fourth-order valence-corrected chi connectivity index (χ4v) is 3.88. The average molecular weight is 340 g/mol. The van der Waals surface area contributed by atoms with E-state index in [2.05, 4.69) is 30.0 Å². The number of rotatable bonds is 3. The van der Waals surface area contributed by atoms with Crippen molar-refractivity contribution in [3.8, 4) is 5.75 Å². The summed E-state index contributed by atoms with van der Waals surface area (Å²) < 4.78 is 7.75. The van der Waals surface area contributed by atoms with Crippen LogP contribution in [0.5, 0.6) is 5.75 Å². The van der Waals surface area contributed by atoms with Gasteiger partial charge in [0.2, 0.25) is 0 Å². The molecule has 1 saturated heterocycles. The summed E-state index contributed by atoms with van der Waals surface area (Å²) in [7, 11) is 0. The van der Waals surface area contributed by atoms with Crippen molar-refractivity contribution in [2.45, 2.75) is 38.6 Å². The summed E-state index contributed by atoms with van der Waals surface area (Å²) in [6.07, 6.45) is 5.42. The lowest BCUT2D eigenvalue weighted by Crippen LogP contribution is -2.41. The van der Waals surface area contributed by atoms with Gasteiger partial charge in [0, 0.05) is 30.6 Å². The zero-order chi connectivity index (χ0) is 17.4. The van der Waals surface area contributed by atoms with Crippen molar-refractivity contribution in [2.75, 3.05) is 19.7 Å². The monoisotopic (exact) mass is 340 g/mol. The Kier molecular flexibility index (Phi) is 3.98. The Hall–Kier alpha value is -2.37. The quantitative estimate of drug-likeness (QED) is 0.861. The highest BCUT2D eigenvalue weighted by Gasteiger charge is 2.36. The van der Waals surface area contributed by atoms with E-state index in [1.807, 2.05) is 21.7 Å². The SMILES string of the molecule is CC1(C)COc2c(C(=O)N3CCC[C@@H](Cn4cncn4)C3)cccc21. The molecule has 3 heterocycles. The summed E-state index contributed by atoms with van der Waals surface area (Å²) in [6, 6.07) is 5.94. The van der Waals surface area contributed by atoms with Crippen LogP contribution in [0.4, 0.5) is 0 Å². The Morgan fingerprint density at radius 2 is 2.28 bits per heavy atom. The van der Waals surface area contributed by atoms with Gasteiger partial charge in [-0.25, -0.2) is 4.98 Å². The molecule has 0 N–H and O–H groups in total. The van der Waals surface area contributed by atoms with E-state index in [0.29, 0.717) is 18.1 Å². The molecule has 2 aliphatic heterocycles. The lowest BCUT2D eigenvalue weighted by molar-refractivity contribution is 0.0656. The van der Waals surface area contributed by atoms with Crippen LogP contribution in [-0.2, 0) is 12.0 Å². The topological polar surface area (TPSA) is 60.2 Å². The predicted molar refractivity (Wildman–Crippen MR) is 93.6 cm³/mol. The van der Waals surface area contributed by atoms with Crippen molar-refractivity contribution in [2.24, 2.45) is 5.92 Å². The van der Waals surface area contributed by atoms with E-state index in [9.17, 15) is 4.79 Å². The number of benzene rings is 1. The van der Waals surface area contributed by atoms with Crippen molar-refractivity contribution >= 4 is 5.91 Å². The molecule has 1 aromatic carbocycles. The number of likely N-dealkylation sites (tertiary alicyclic amines) is 1. The van der Waals surface area contributed by atoms with Crippen molar-refractivity contribution in [3.63, 3.8) is 0 Å². The second-order valence-corrected chi connectivity index (χ2v) is 7.73. The van der Waals surface area contributed by atoms with Crippen LogP contribution >= 0.6 is 0 Å². The van der Waals surface area contributed by atoms with Gasteiger partial charge in [-0.2, -0.15) is 5.10 Å². The van der Waals surface area contributed by atoms with E-state index < -0.39 is 0 Å². The highest BCUT2D eigenvalue weighted by molar-refractivity contribution is 5.97. The highest BCUT2D eigenvalue weighted by Crippen LogP contribution is 2.41. The largest absolute Gasteiger partial charge is 0.492 e. The van der Waals surface area contributed by atoms with Crippen LogP contribution in [0.1, 0.15) is 42.6 Å². The summed E-state index contributed by atoms with van der Waals surface area (Å²) in [4.78, 5) is 19.1. The number of amides is 1. The zero-order valence-corrected chi connectivity index (χ0v) is 14.8. The molecule has 6 nitrogen and oxygen atoms in total. The number of carbonyl (C=O) groups is 1. The van der Waals surface area contributed by atoms with Crippen LogP contribution in [0.15, 0.2) is 30.9 Å². The van der Waals surface area contributed by atoms with Gasteiger partial charge >= 0.3 is 0 Å². The molecule has 0 aliphatic carbocycles. The predicted octanol–water partition coefficient (Wildman–Crippen LogP) is 2.50. The molecule has 2 aromatic rings. The maximum atomic E-state index is 13.1. The van der Waals surface area contributed by atoms with Gasteiger partial charge in [0.1, 0.15) is 18.4 Å². The smallest absolute Gasteiger partial charge is 0.257 e. The van der Waals surface area contributed by atoms with E-state index in [4.69, 9.17) is 4.74 Å². The molecule has 0 bridgehead atoms. The molecule has 25 heavy (non-hydrogen) atoms. The number of carbonyl (C=O) groups excluding carboxylic acids is 1. The normalized spacial score (nSPS) is 21.7. The van der Waals surface area contributed by atoms with Crippen LogP contribution in [0.2, 0.25) is 0 Å². The van der Waals surface area contributed by atoms with Gasteiger partial charge in [0.05, 0.1) is 12.2 Å². The molecule has 4 rings (SSSR count). The molecule has 0 radical (unpaired) electrons. The minimum absolute atomic E-state index is 0.0385. The zero-order valence-electron chi connectivity index (χ0n) is 14.8. The van der Waals surface area contributed by atoms with E-state index in [1.165, 1.54) is 0 Å². The van der Waals surface area contributed by atoms with E-state index >= 15 is 0 Å². The third-order valence-electron chi connectivity index (χ3n) is 5.27. The highest BCUT2D eigenvalue weighted by atomic mass is 16.5. The molecule has 1 fully saturated rings. The van der Waals surface area contributed by atoms with Gasteiger partial charge in [0.25, 0.3) is 5.91 Å². The maximum Gasteiger partial charge on any atom is 0.257 e. The van der Waals surface area contributed by atoms with Crippen molar-refractivity contribution in [1.29, 1.82) is 0 Å². The number of aromatic nitrogens is 3. The molecule has 0 unspecified atom stereocenters. The fraction of sp³-hybridized carbons (Fsp3) is 0.526. The number of nitrogens with zero attached hydrogens (tertiary/aromatic N) is 4. The number of ether oxygens (including phenoxy) is 1. The van der Waals surface area contributed by atoms with Gasteiger partial charge in [0.15, 0.2) is 0 Å². The number of piperidine rings is 1. The third-order valence-corrected chi connectivity index (χ3v) is 5.27. The number of hydrogen-bond donors (Lipinski definition) is 0. The van der Waals surface area contributed by atoms with Crippen LogP contribution in [-0.4, -0.2) is 45.3 Å². The van der Waals surface area contributed by atoms with Gasteiger partial charge in [-0.05, 0) is 24.8 Å². The van der Waals surface area contributed by atoms with E-state index in [0.717, 1.165) is 43.8 Å². The lowest BCUT2D eigenvalue weighted by atomic mass is 9.86. The van der Waals surface area contributed by atoms with Gasteiger partial charge < -0.3 is 9.64 Å². The standard InChI is InChI=1S/C19H24N4O2/c1-19(2)11-25-17-15(6-3-7-16(17)19)18(24)22-8-4-5-14(9-22)10-23-13-20-12-21-23/h3,6-7,12-14H,4-5,8-11H2,1-2H3/t14-/m1/s1. The molecular weight excluding hydrogens is 316 g/mol. The third kappa shape index (κ3) is 3.01. The first kappa shape index (κ1) is 16.1. The van der Waals surface area contributed by atoms with Crippen molar-refractivity contribution < 1.29 is 9.53 Å². The minimum Gasteiger partial charge on any atom is -0.492 e. The molecule has 6 heteroatoms.